The minimum absolute atomic E-state index is 0.0674. The number of rotatable bonds is 3. The molecule has 4 nitrogen and oxygen atoms in total. The van der Waals surface area contributed by atoms with E-state index in [-0.39, 0.29) is 17.9 Å². The monoisotopic (exact) mass is 382 g/mol. The molecule has 6 heteroatoms. The molecule has 1 atom stereocenters. The maximum Gasteiger partial charge on any atom is 0.254 e. The Kier molecular flexibility index (Phi) is 5.90. The summed E-state index contributed by atoms with van der Waals surface area (Å²) in [5.41, 5.74) is 0.481. The second kappa shape index (κ2) is 7.96. The standard InChI is InChI=1S/C19H24Cl2N2O2/c1-22(14-6-3-2-4-7-14)19(25)17-8-5-11-23(17)18(24)13-9-10-15(20)16(21)12-13/h9-10,12,14,17H,2-8,11H2,1H3. The fraction of sp³-hybridized carbons (Fsp3) is 0.579. The van der Waals surface area contributed by atoms with Crippen molar-refractivity contribution >= 4 is 35.0 Å². The summed E-state index contributed by atoms with van der Waals surface area (Å²) in [5, 5.41) is 0.776. The van der Waals surface area contributed by atoms with E-state index in [1.54, 1.807) is 23.1 Å². The summed E-state index contributed by atoms with van der Waals surface area (Å²) >= 11 is 12.0. The highest BCUT2D eigenvalue weighted by Gasteiger charge is 2.37. The van der Waals surface area contributed by atoms with Crippen molar-refractivity contribution in [2.45, 2.75) is 57.0 Å². The molecule has 3 rings (SSSR count). The van der Waals surface area contributed by atoms with Crippen molar-refractivity contribution in [1.29, 1.82) is 0 Å². The maximum atomic E-state index is 13.0. The smallest absolute Gasteiger partial charge is 0.254 e. The number of carbonyl (C=O) groups is 2. The van der Waals surface area contributed by atoms with Crippen LogP contribution in [0.5, 0.6) is 0 Å². The second-order valence-corrected chi connectivity index (χ2v) is 7.84. The first-order chi connectivity index (χ1) is 12.0. The van der Waals surface area contributed by atoms with Gasteiger partial charge in [-0.15, -0.1) is 0 Å². The minimum atomic E-state index is -0.367. The van der Waals surface area contributed by atoms with Gasteiger partial charge >= 0.3 is 0 Å². The fourth-order valence-corrected chi connectivity index (χ4v) is 4.24. The summed E-state index contributed by atoms with van der Waals surface area (Å²) in [7, 11) is 1.89. The molecule has 1 heterocycles. The van der Waals surface area contributed by atoms with Crippen molar-refractivity contribution in [2.75, 3.05) is 13.6 Å². The first kappa shape index (κ1) is 18.5. The van der Waals surface area contributed by atoms with Gasteiger partial charge in [-0.1, -0.05) is 42.5 Å². The molecule has 0 aromatic heterocycles. The molecule has 1 aliphatic heterocycles. The maximum absolute atomic E-state index is 13.0. The summed E-state index contributed by atoms with van der Waals surface area (Å²) in [4.78, 5) is 29.4. The van der Waals surface area contributed by atoms with E-state index >= 15 is 0 Å². The minimum Gasteiger partial charge on any atom is -0.341 e. The lowest BCUT2D eigenvalue weighted by atomic mass is 9.94. The zero-order valence-corrected chi connectivity index (χ0v) is 16.0. The van der Waals surface area contributed by atoms with E-state index in [9.17, 15) is 9.59 Å². The topological polar surface area (TPSA) is 40.6 Å². The first-order valence-corrected chi connectivity index (χ1v) is 9.77. The third-order valence-electron chi connectivity index (χ3n) is 5.44. The molecule has 0 bridgehead atoms. The molecule has 1 aliphatic carbocycles. The van der Waals surface area contributed by atoms with Gasteiger partial charge in [0.25, 0.3) is 5.91 Å². The Labute approximate surface area is 159 Å². The quantitative estimate of drug-likeness (QED) is 0.777. The van der Waals surface area contributed by atoms with Crippen molar-refractivity contribution in [2.24, 2.45) is 0 Å². The lowest BCUT2D eigenvalue weighted by Crippen LogP contribution is -2.50. The fourth-order valence-electron chi connectivity index (χ4n) is 3.94. The van der Waals surface area contributed by atoms with Crippen LogP contribution in [-0.4, -0.2) is 47.3 Å². The van der Waals surface area contributed by atoms with Gasteiger partial charge in [0.15, 0.2) is 0 Å². The van der Waals surface area contributed by atoms with Crippen LogP contribution in [0.1, 0.15) is 55.3 Å². The van der Waals surface area contributed by atoms with E-state index in [0.29, 0.717) is 28.2 Å². The molecule has 25 heavy (non-hydrogen) atoms. The highest BCUT2D eigenvalue weighted by molar-refractivity contribution is 6.42. The SMILES string of the molecule is CN(C(=O)C1CCCN1C(=O)c1ccc(Cl)c(Cl)c1)C1CCCCC1. The van der Waals surface area contributed by atoms with Gasteiger partial charge in [0.05, 0.1) is 10.0 Å². The van der Waals surface area contributed by atoms with Crippen molar-refractivity contribution in [1.82, 2.24) is 9.80 Å². The molecule has 0 N–H and O–H groups in total. The molecule has 0 radical (unpaired) electrons. The summed E-state index contributed by atoms with van der Waals surface area (Å²) in [6.45, 7) is 0.605. The normalized spacial score (nSPS) is 21.4. The predicted octanol–water partition coefficient (Wildman–Crippen LogP) is 4.39. The van der Waals surface area contributed by atoms with Crippen LogP contribution in [0.25, 0.3) is 0 Å². The first-order valence-electron chi connectivity index (χ1n) is 9.01. The van der Waals surface area contributed by atoms with Crippen LogP contribution < -0.4 is 0 Å². The molecule has 2 fully saturated rings. The number of halogens is 2. The van der Waals surface area contributed by atoms with Gasteiger partial charge in [0.2, 0.25) is 5.91 Å². The molecule has 1 saturated heterocycles. The average Bonchev–Trinajstić information content (AvgIpc) is 3.12. The number of nitrogens with zero attached hydrogens (tertiary/aromatic N) is 2. The van der Waals surface area contributed by atoms with Gasteiger partial charge in [0, 0.05) is 25.2 Å². The molecule has 1 aromatic carbocycles. The van der Waals surface area contributed by atoms with Gasteiger partial charge in [0.1, 0.15) is 6.04 Å². The molecule has 1 aromatic rings. The summed E-state index contributed by atoms with van der Waals surface area (Å²) in [5.74, 6) is -0.0794. The molecule has 1 unspecified atom stereocenters. The Balaban J connectivity index is 1.73. The van der Waals surface area contributed by atoms with Crippen LogP contribution in [-0.2, 0) is 4.79 Å². The van der Waals surface area contributed by atoms with Crippen molar-refractivity contribution in [3.63, 3.8) is 0 Å². The number of benzene rings is 1. The van der Waals surface area contributed by atoms with Crippen LogP contribution in [0, 0.1) is 0 Å². The van der Waals surface area contributed by atoms with E-state index in [0.717, 1.165) is 25.7 Å². The lowest BCUT2D eigenvalue weighted by molar-refractivity contribution is -0.136. The van der Waals surface area contributed by atoms with Gasteiger partial charge in [-0.2, -0.15) is 0 Å². The molecular weight excluding hydrogens is 359 g/mol. The molecule has 2 amide bonds. The Hall–Kier alpha value is -1.26. The number of amides is 2. The largest absolute Gasteiger partial charge is 0.341 e. The Morgan fingerprint density at radius 3 is 2.44 bits per heavy atom. The van der Waals surface area contributed by atoms with Crippen LogP contribution in [0.15, 0.2) is 18.2 Å². The summed E-state index contributed by atoms with van der Waals surface area (Å²) in [6.07, 6.45) is 7.32. The van der Waals surface area contributed by atoms with Crippen LogP contribution >= 0.6 is 23.2 Å². The highest BCUT2D eigenvalue weighted by atomic mass is 35.5. The zero-order chi connectivity index (χ0) is 18.0. The zero-order valence-electron chi connectivity index (χ0n) is 14.5. The summed E-state index contributed by atoms with van der Waals surface area (Å²) < 4.78 is 0. The number of carbonyl (C=O) groups excluding carboxylic acids is 2. The van der Waals surface area contributed by atoms with E-state index in [1.807, 2.05) is 11.9 Å². The number of likely N-dealkylation sites (N-methyl/N-ethyl adjacent to an activating group) is 1. The Morgan fingerprint density at radius 1 is 1.04 bits per heavy atom. The van der Waals surface area contributed by atoms with Crippen molar-refractivity contribution in [3.05, 3.63) is 33.8 Å². The van der Waals surface area contributed by atoms with E-state index in [1.165, 1.54) is 19.3 Å². The number of likely N-dealkylation sites (tertiary alicyclic amines) is 1. The van der Waals surface area contributed by atoms with Crippen LogP contribution in [0.4, 0.5) is 0 Å². The highest BCUT2D eigenvalue weighted by Crippen LogP contribution is 2.28. The molecule has 2 aliphatic rings. The summed E-state index contributed by atoms with van der Waals surface area (Å²) in [6, 6.07) is 4.81. The van der Waals surface area contributed by atoms with E-state index in [2.05, 4.69) is 0 Å². The van der Waals surface area contributed by atoms with Gasteiger partial charge in [-0.05, 0) is 43.9 Å². The van der Waals surface area contributed by atoms with Gasteiger partial charge in [-0.25, -0.2) is 0 Å². The molecule has 0 spiro atoms. The molecule has 1 saturated carbocycles. The average molecular weight is 383 g/mol. The third-order valence-corrected chi connectivity index (χ3v) is 6.17. The van der Waals surface area contributed by atoms with E-state index in [4.69, 9.17) is 23.2 Å². The Bertz CT molecular complexity index is 659. The second-order valence-electron chi connectivity index (χ2n) is 7.03. The van der Waals surface area contributed by atoms with Crippen LogP contribution in [0.3, 0.4) is 0 Å². The van der Waals surface area contributed by atoms with Gasteiger partial charge in [-0.3, -0.25) is 9.59 Å². The molecular formula is C19H24Cl2N2O2. The molecule has 136 valence electrons. The third kappa shape index (κ3) is 3.95. The van der Waals surface area contributed by atoms with Crippen molar-refractivity contribution in [3.8, 4) is 0 Å². The lowest BCUT2D eigenvalue weighted by Gasteiger charge is -2.35. The van der Waals surface area contributed by atoms with Gasteiger partial charge < -0.3 is 9.80 Å². The number of hydrogen-bond acceptors (Lipinski definition) is 2. The Morgan fingerprint density at radius 2 is 1.76 bits per heavy atom. The van der Waals surface area contributed by atoms with E-state index < -0.39 is 0 Å². The number of hydrogen-bond donors (Lipinski definition) is 0. The predicted molar refractivity (Wildman–Crippen MR) is 100 cm³/mol. The van der Waals surface area contributed by atoms with Crippen molar-refractivity contribution < 1.29 is 9.59 Å². The van der Waals surface area contributed by atoms with Crippen LogP contribution in [0.2, 0.25) is 10.0 Å².